The third-order valence-electron chi connectivity index (χ3n) is 3.16. The van der Waals surface area contributed by atoms with Crippen LogP contribution in [0.15, 0.2) is 11.0 Å². The quantitative estimate of drug-likeness (QED) is 0.660. The maximum absolute atomic E-state index is 10.4. The summed E-state index contributed by atoms with van der Waals surface area (Å²) in [5.74, 6) is 1.23. The minimum atomic E-state index is -1.15. The van der Waals surface area contributed by atoms with Crippen LogP contribution < -0.4 is 4.74 Å². The Kier molecular flexibility index (Phi) is 5.18. The first kappa shape index (κ1) is 15.5. The number of aryl methyl sites for hydroxylation is 1. The number of hydrogen-bond donors (Lipinski definition) is 2. The molecule has 0 saturated carbocycles. The molecule has 1 aliphatic rings. The Hall–Kier alpha value is -0.910. The summed E-state index contributed by atoms with van der Waals surface area (Å²) in [6.45, 7) is 2.12. The van der Waals surface area contributed by atoms with Crippen LogP contribution in [0.1, 0.15) is 30.6 Å². The van der Waals surface area contributed by atoms with Gasteiger partial charge in [-0.15, -0.1) is 11.8 Å². The first-order valence-corrected chi connectivity index (χ1v) is 7.87. The van der Waals surface area contributed by atoms with Gasteiger partial charge in [-0.05, 0) is 37.1 Å². The number of aliphatic hydroxyl groups excluding tert-OH is 1. The summed E-state index contributed by atoms with van der Waals surface area (Å²) in [6.07, 6.45) is 0.856. The third kappa shape index (κ3) is 2.90. The Bertz CT molecular complexity index is 522. The zero-order valence-corrected chi connectivity index (χ0v) is 13.1. The Morgan fingerprint density at radius 3 is 3.00 bits per heavy atom. The van der Waals surface area contributed by atoms with E-state index < -0.39 is 6.10 Å². The topological polar surface area (TPSA) is 62.5 Å². The summed E-state index contributed by atoms with van der Waals surface area (Å²) in [5.41, 5.74) is 1.66. The van der Waals surface area contributed by atoms with Crippen molar-refractivity contribution in [3.05, 3.63) is 22.2 Å². The second-order valence-electron chi connectivity index (χ2n) is 4.45. The molecule has 0 bridgehead atoms. The summed E-state index contributed by atoms with van der Waals surface area (Å²) >= 11 is 7.90. The minimum Gasteiger partial charge on any atom is -0.495 e. The van der Waals surface area contributed by atoms with Gasteiger partial charge < -0.3 is 14.6 Å². The van der Waals surface area contributed by atoms with E-state index in [1.54, 1.807) is 18.7 Å². The van der Waals surface area contributed by atoms with Crippen LogP contribution in [0, 0.1) is 5.41 Å². The third-order valence-corrected chi connectivity index (χ3v) is 4.71. The summed E-state index contributed by atoms with van der Waals surface area (Å²) in [7, 11) is 1.52. The molecule has 1 aliphatic heterocycles. The fourth-order valence-corrected chi connectivity index (χ4v) is 3.81. The van der Waals surface area contributed by atoms with E-state index in [9.17, 15) is 5.11 Å². The molecule has 0 spiro atoms. The number of benzene rings is 1. The number of ether oxygens (including phenoxy) is 2. The zero-order valence-electron chi connectivity index (χ0n) is 11.5. The predicted octanol–water partition coefficient (Wildman–Crippen LogP) is 3.43. The maximum Gasteiger partial charge on any atom is 0.215 e. The molecule has 2 rings (SSSR count). The van der Waals surface area contributed by atoms with E-state index in [2.05, 4.69) is 0 Å². The SMILES string of the molecule is CCOC(=N)C(O)c1c(OC)c(Cl)cc2c1SCCC2. The monoisotopic (exact) mass is 315 g/mol. The highest BCUT2D eigenvalue weighted by Gasteiger charge is 2.28. The van der Waals surface area contributed by atoms with E-state index in [-0.39, 0.29) is 5.90 Å². The van der Waals surface area contributed by atoms with Crippen LogP contribution in [-0.4, -0.2) is 30.5 Å². The number of thioether (sulfide) groups is 1. The number of aliphatic hydroxyl groups is 1. The van der Waals surface area contributed by atoms with Gasteiger partial charge in [0.1, 0.15) is 5.75 Å². The van der Waals surface area contributed by atoms with Crippen LogP contribution in [0.4, 0.5) is 0 Å². The van der Waals surface area contributed by atoms with Gasteiger partial charge in [-0.3, -0.25) is 5.41 Å². The number of halogens is 1. The lowest BCUT2D eigenvalue weighted by atomic mass is 10.0. The van der Waals surface area contributed by atoms with Gasteiger partial charge in [0.05, 0.1) is 18.7 Å². The Morgan fingerprint density at radius 1 is 1.60 bits per heavy atom. The van der Waals surface area contributed by atoms with Crippen molar-refractivity contribution >= 4 is 29.3 Å². The van der Waals surface area contributed by atoms with Gasteiger partial charge in [-0.1, -0.05) is 11.6 Å². The highest BCUT2D eigenvalue weighted by molar-refractivity contribution is 7.99. The fraction of sp³-hybridized carbons (Fsp3) is 0.500. The molecule has 6 heteroatoms. The molecule has 0 fully saturated rings. The van der Waals surface area contributed by atoms with Gasteiger partial charge in [0, 0.05) is 10.5 Å². The first-order chi connectivity index (χ1) is 9.60. The molecular weight excluding hydrogens is 298 g/mol. The van der Waals surface area contributed by atoms with Gasteiger partial charge in [-0.25, -0.2) is 0 Å². The van der Waals surface area contributed by atoms with Crippen molar-refractivity contribution in [2.24, 2.45) is 0 Å². The Morgan fingerprint density at radius 2 is 2.35 bits per heavy atom. The van der Waals surface area contributed by atoms with Gasteiger partial charge in [-0.2, -0.15) is 0 Å². The Labute approximate surface area is 127 Å². The largest absolute Gasteiger partial charge is 0.495 e. The molecule has 110 valence electrons. The second kappa shape index (κ2) is 6.70. The Balaban J connectivity index is 2.53. The molecule has 0 saturated heterocycles. The molecule has 1 atom stereocenters. The van der Waals surface area contributed by atoms with Crippen LogP contribution >= 0.6 is 23.4 Å². The van der Waals surface area contributed by atoms with Crippen molar-refractivity contribution < 1.29 is 14.6 Å². The average Bonchev–Trinajstić information content (AvgIpc) is 2.45. The molecule has 1 aromatic rings. The molecular formula is C14H18ClNO3S. The van der Waals surface area contributed by atoms with E-state index in [0.717, 1.165) is 29.1 Å². The van der Waals surface area contributed by atoms with Gasteiger partial charge in [0.2, 0.25) is 5.90 Å². The highest BCUT2D eigenvalue weighted by Crippen LogP contribution is 2.45. The molecule has 1 aromatic carbocycles. The van der Waals surface area contributed by atoms with Gasteiger partial charge in [0.15, 0.2) is 6.10 Å². The molecule has 1 unspecified atom stereocenters. The van der Waals surface area contributed by atoms with E-state index >= 15 is 0 Å². The molecule has 0 radical (unpaired) electrons. The predicted molar refractivity (Wildman–Crippen MR) is 81.4 cm³/mol. The van der Waals surface area contributed by atoms with Crippen LogP contribution in [0.5, 0.6) is 5.75 Å². The number of hydrogen-bond acceptors (Lipinski definition) is 5. The van der Waals surface area contributed by atoms with E-state index in [4.69, 9.17) is 26.5 Å². The fourth-order valence-electron chi connectivity index (χ4n) is 2.30. The molecule has 0 aromatic heterocycles. The zero-order chi connectivity index (χ0) is 14.7. The van der Waals surface area contributed by atoms with Crippen molar-refractivity contribution in [3.8, 4) is 5.75 Å². The number of methoxy groups -OCH3 is 1. The first-order valence-electron chi connectivity index (χ1n) is 6.51. The smallest absolute Gasteiger partial charge is 0.215 e. The normalized spacial score (nSPS) is 15.4. The van der Waals surface area contributed by atoms with Crippen LogP contribution in [0.25, 0.3) is 0 Å². The van der Waals surface area contributed by atoms with Crippen molar-refractivity contribution in [2.45, 2.75) is 30.8 Å². The van der Waals surface area contributed by atoms with Crippen molar-refractivity contribution in [1.29, 1.82) is 5.41 Å². The van der Waals surface area contributed by atoms with Crippen LogP contribution in [-0.2, 0) is 11.2 Å². The average molecular weight is 316 g/mol. The second-order valence-corrected chi connectivity index (χ2v) is 5.96. The van der Waals surface area contributed by atoms with Crippen molar-refractivity contribution in [2.75, 3.05) is 19.5 Å². The van der Waals surface area contributed by atoms with Crippen molar-refractivity contribution in [1.82, 2.24) is 0 Å². The summed E-state index contributed by atoms with van der Waals surface area (Å²) in [5, 5.41) is 18.7. The lowest BCUT2D eigenvalue weighted by molar-refractivity contribution is 0.184. The summed E-state index contributed by atoms with van der Waals surface area (Å²) in [4.78, 5) is 0.967. The molecule has 2 N–H and O–H groups in total. The highest BCUT2D eigenvalue weighted by atomic mass is 35.5. The number of fused-ring (bicyclic) bond motifs is 1. The minimum absolute atomic E-state index is 0.179. The molecule has 20 heavy (non-hydrogen) atoms. The van der Waals surface area contributed by atoms with Crippen LogP contribution in [0.2, 0.25) is 5.02 Å². The van der Waals surface area contributed by atoms with Crippen molar-refractivity contribution in [3.63, 3.8) is 0 Å². The van der Waals surface area contributed by atoms with Gasteiger partial charge in [0.25, 0.3) is 0 Å². The molecule has 0 aliphatic carbocycles. The van der Waals surface area contributed by atoms with Gasteiger partial charge >= 0.3 is 0 Å². The standard InChI is InChI=1S/C14H18ClNO3S/c1-3-19-14(16)11(17)10-12(18-2)9(15)7-8-5-4-6-20-13(8)10/h7,11,16-17H,3-6H2,1-2H3. The lowest BCUT2D eigenvalue weighted by Gasteiger charge is -2.25. The maximum atomic E-state index is 10.4. The van der Waals surface area contributed by atoms with E-state index in [1.165, 1.54) is 7.11 Å². The van der Waals surface area contributed by atoms with E-state index in [0.29, 0.717) is 22.9 Å². The number of rotatable bonds is 4. The van der Waals surface area contributed by atoms with Crippen LogP contribution in [0.3, 0.4) is 0 Å². The molecule has 4 nitrogen and oxygen atoms in total. The molecule has 1 heterocycles. The van der Waals surface area contributed by atoms with E-state index in [1.807, 2.05) is 6.07 Å². The molecule has 0 amide bonds. The summed E-state index contributed by atoms with van der Waals surface area (Å²) in [6, 6.07) is 1.89. The summed E-state index contributed by atoms with van der Waals surface area (Å²) < 4.78 is 10.4. The number of nitrogens with one attached hydrogen (secondary N) is 1. The lowest BCUT2D eigenvalue weighted by Crippen LogP contribution is -2.18.